The number of aromatic nitrogens is 1. The lowest BCUT2D eigenvalue weighted by atomic mass is 10.2. The van der Waals surface area contributed by atoms with E-state index < -0.39 is 0 Å². The molecule has 8 nitrogen and oxygen atoms in total. The predicted octanol–water partition coefficient (Wildman–Crippen LogP) is 5.05. The third kappa shape index (κ3) is 5.98. The molecule has 8 heteroatoms. The molecule has 0 unspecified atom stereocenters. The van der Waals surface area contributed by atoms with E-state index in [1.54, 1.807) is 67.0 Å². The molecule has 0 saturated carbocycles. The molecule has 4 rings (SSSR count). The summed E-state index contributed by atoms with van der Waals surface area (Å²) in [6, 6.07) is 18.9. The van der Waals surface area contributed by atoms with Gasteiger partial charge in [-0.05, 0) is 67.1 Å². The number of hydrogen-bond acceptors (Lipinski definition) is 6. The number of aryl methyl sites for hydroxylation is 1. The van der Waals surface area contributed by atoms with E-state index in [2.05, 4.69) is 15.6 Å². The number of nitrogens with one attached hydrogen (secondary N) is 2. The van der Waals surface area contributed by atoms with Crippen molar-refractivity contribution in [2.45, 2.75) is 6.92 Å². The van der Waals surface area contributed by atoms with E-state index in [1.807, 2.05) is 19.1 Å². The molecule has 2 aromatic heterocycles. The van der Waals surface area contributed by atoms with Crippen LogP contribution in [0.25, 0.3) is 0 Å². The van der Waals surface area contributed by atoms with E-state index in [0.29, 0.717) is 28.6 Å². The fraction of sp³-hybridized carbons (Fsp3) is 0.0800. The summed E-state index contributed by atoms with van der Waals surface area (Å²) in [5, 5.41) is 5.51. The molecule has 33 heavy (non-hydrogen) atoms. The van der Waals surface area contributed by atoms with E-state index in [0.717, 1.165) is 5.56 Å². The Morgan fingerprint density at radius 3 is 2.55 bits per heavy atom. The Morgan fingerprint density at radius 2 is 1.79 bits per heavy atom. The van der Waals surface area contributed by atoms with Crippen molar-refractivity contribution >= 4 is 23.2 Å². The number of carbonyl (C=O) groups excluding carboxylic acids is 2. The minimum atomic E-state index is -0.374. The van der Waals surface area contributed by atoms with Gasteiger partial charge in [0.2, 0.25) is 0 Å². The van der Waals surface area contributed by atoms with E-state index >= 15 is 0 Å². The van der Waals surface area contributed by atoms with Crippen molar-refractivity contribution in [2.24, 2.45) is 0 Å². The predicted molar refractivity (Wildman–Crippen MR) is 123 cm³/mol. The van der Waals surface area contributed by atoms with E-state index in [1.165, 1.54) is 6.26 Å². The van der Waals surface area contributed by atoms with Crippen LogP contribution in [0.4, 0.5) is 11.4 Å². The molecule has 2 N–H and O–H groups in total. The first-order valence-electron chi connectivity index (χ1n) is 10.1. The Balaban J connectivity index is 1.30. The molecule has 0 saturated heterocycles. The molecule has 0 bridgehead atoms. The molecule has 0 aliphatic carbocycles. The average molecular weight is 443 g/mol. The molecule has 0 radical (unpaired) electrons. The monoisotopic (exact) mass is 443 g/mol. The van der Waals surface area contributed by atoms with Gasteiger partial charge in [-0.3, -0.25) is 14.6 Å². The van der Waals surface area contributed by atoms with Gasteiger partial charge >= 0.3 is 0 Å². The van der Waals surface area contributed by atoms with E-state index in [4.69, 9.17) is 13.9 Å². The van der Waals surface area contributed by atoms with Gasteiger partial charge in [0.15, 0.2) is 12.4 Å². The fourth-order valence-electron chi connectivity index (χ4n) is 2.99. The minimum absolute atomic E-state index is 0.192. The molecule has 166 valence electrons. The Morgan fingerprint density at radius 1 is 0.939 bits per heavy atom. The van der Waals surface area contributed by atoms with Crippen molar-refractivity contribution < 1.29 is 23.5 Å². The second-order valence-electron chi connectivity index (χ2n) is 7.07. The van der Waals surface area contributed by atoms with E-state index in [9.17, 15) is 9.59 Å². The number of nitrogens with zero attached hydrogens (tertiary/aromatic N) is 1. The molecule has 2 aromatic carbocycles. The van der Waals surface area contributed by atoms with Crippen LogP contribution in [0.2, 0.25) is 0 Å². The number of furan rings is 1. The maximum absolute atomic E-state index is 12.3. The van der Waals surface area contributed by atoms with Crippen LogP contribution in [0.1, 0.15) is 16.1 Å². The van der Waals surface area contributed by atoms with Crippen molar-refractivity contribution in [2.75, 3.05) is 17.2 Å². The minimum Gasteiger partial charge on any atom is -0.484 e. The standard InChI is InChI=1S/C25H21N3O5/c1-17-13-19(9-10-22(17)33-21-7-3-11-26-15-21)27-24(29)16-32-20-6-2-5-18(14-20)28-25(30)23-8-4-12-31-23/h2-15H,16H2,1H3,(H,27,29)(H,28,30). The molecule has 0 spiro atoms. The van der Waals surface area contributed by atoms with Crippen LogP contribution in [-0.2, 0) is 4.79 Å². The summed E-state index contributed by atoms with van der Waals surface area (Å²) in [5.41, 5.74) is 2.01. The van der Waals surface area contributed by atoms with Gasteiger partial charge < -0.3 is 24.5 Å². The highest BCUT2D eigenvalue weighted by Gasteiger charge is 2.10. The highest BCUT2D eigenvalue weighted by atomic mass is 16.5. The number of carbonyl (C=O) groups is 2. The number of rotatable bonds is 8. The molecule has 0 fully saturated rings. The molecule has 2 heterocycles. The Hall–Kier alpha value is -4.59. The first kappa shape index (κ1) is 21.6. The largest absolute Gasteiger partial charge is 0.484 e. The zero-order chi connectivity index (χ0) is 23.0. The normalized spacial score (nSPS) is 10.3. The number of ether oxygens (including phenoxy) is 2. The van der Waals surface area contributed by atoms with Gasteiger partial charge in [-0.1, -0.05) is 6.07 Å². The third-order valence-electron chi connectivity index (χ3n) is 4.53. The average Bonchev–Trinajstić information content (AvgIpc) is 3.36. The van der Waals surface area contributed by atoms with Crippen LogP contribution in [0.3, 0.4) is 0 Å². The maximum Gasteiger partial charge on any atom is 0.291 e. The summed E-state index contributed by atoms with van der Waals surface area (Å²) in [7, 11) is 0. The van der Waals surface area contributed by atoms with Gasteiger partial charge in [-0.25, -0.2) is 0 Å². The smallest absolute Gasteiger partial charge is 0.291 e. The molecular weight excluding hydrogens is 422 g/mol. The summed E-state index contributed by atoms with van der Waals surface area (Å²) in [6.07, 6.45) is 4.73. The summed E-state index contributed by atoms with van der Waals surface area (Å²) in [4.78, 5) is 28.4. The van der Waals surface area contributed by atoms with Crippen molar-refractivity contribution in [3.05, 3.63) is 96.7 Å². The van der Waals surface area contributed by atoms with Gasteiger partial charge in [0, 0.05) is 23.6 Å². The highest BCUT2D eigenvalue weighted by molar-refractivity contribution is 6.02. The topological polar surface area (TPSA) is 103 Å². The van der Waals surface area contributed by atoms with Crippen molar-refractivity contribution in [3.8, 4) is 17.2 Å². The van der Waals surface area contributed by atoms with Gasteiger partial charge in [0.25, 0.3) is 11.8 Å². The molecule has 4 aromatic rings. The number of hydrogen-bond donors (Lipinski definition) is 2. The van der Waals surface area contributed by atoms with Gasteiger partial charge in [0.1, 0.15) is 17.2 Å². The van der Waals surface area contributed by atoms with Gasteiger partial charge in [0.05, 0.1) is 12.5 Å². The first-order valence-corrected chi connectivity index (χ1v) is 10.1. The van der Waals surface area contributed by atoms with Crippen molar-refractivity contribution in [1.29, 1.82) is 0 Å². The quantitative estimate of drug-likeness (QED) is 0.395. The number of benzene rings is 2. The zero-order valence-corrected chi connectivity index (χ0v) is 17.8. The Kier molecular flexibility index (Phi) is 6.65. The number of anilines is 2. The summed E-state index contributed by atoms with van der Waals surface area (Å²) < 4.78 is 16.4. The van der Waals surface area contributed by atoms with Crippen LogP contribution < -0.4 is 20.1 Å². The molecule has 0 aliphatic heterocycles. The van der Waals surface area contributed by atoms with Gasteiger partial charge in [-0.15, -0.1) is 0 Å². The molecule has 2 amide bonds. The number of amides is 2. The lowest BCUT2D eigenvalue weighted by molar-refractivity contribution is -0.118. The van der Waals surface area contributed by atoms with Crippen LogP contribution in [0.15, 0.2) is 89.8 Å². The maximum atomic E-state index is 12.3. The van der Waals surface area contributed by atoms with Crippen molar-refractivity contribution in [3.63, 3.8) is 0 Å². The lowest BCUT2D eigenvalue weighted by Crippen LogP contribution is -2.20. The second-order valence-corrected chi connectivity index (χ2v) is 7.07. The number of pyridine rings is 1. The summed E-state index contributed by atoms with van der Waals surface area (Å²) in [5.74, 6) is 1.26. The summed E-state index contributed by atoms with van der Waals surface area (Å²) >= 11 is 0. The van der Waals surface area contributed by atoms with Crippen molar-refractivity contribution in [1.82, 2.24) is 4.98 Å². The molecule has 0 atom stereocenters. The fourth-order valence-corrected chi connectivity index (χ4v) is 2.99. The lowest BCUT2D eigenvalue weighted by Gasteiger charge is -2.12. The zero-order valence-electron chi connectivity index (χ0n) is 17.8. The third-order valence-corrected chi connectivity index (χ3v) is 4.53. The Bertz CT molecular complexity index is 1240. The SMILES string of the molecule is Cc1cc(NC(=O)COc2cccc(NC(=O)c3ccco3)c2)ccc1Oc1cccnc1. The molecular formula is C25H21N3O5. The van der Waals surface area contributed by atoms with Crippen LogP contribution in [0, 0.1) is 6.92 Å². The molecule has 0 aliphatic rings. The van der Waals surface area contributed by atoms with Crippen LogP contribution in [-0.4, -0.2) is 23.4 Å². The Labute approximate surface area is 190 Å². The van der Waals surface area contributed by atoms with Gasteiger partial charge in [-0.2, -0.15) is 0 Å². The van der Waals surface area contributed by atoms with E-state index in [-0.39, 0.29) is 24.2 Å². The van der Waals surface area contributed by atoms with Crippen LogP contribution >= 0.6 is 0 Å². The summed E-state index contributed by atoms with van der Waals surface area (Å²) in [6.45, 7) is 1.70. The highest BCUT2D eigenvalue weighted by Crippen LogP contribution is 2.27. The second kappa shape index (κ2) is 10.1. The van der Waals surface area contributed by atoms with Crippen LogP contribution in [0.5, 0.6) is 17.2 Å². The first-order chi connectivity index (χ1) is 16.1.